The van der Waals surface area contributed by atoms with Gasteiger partial charge in [0.1, 0.15) is 6.04 Å². The molecule has 0 spiro atoms. The fourth-order valence-corrected chi connectivity index (χ4v) is 8.15. The van der Waals surface area contributed by atoms with Crippen molar-refractivity contribution in [2.75, 3.05) is 68.1 Å². The Morgan fingerprint density at radius 1 is 1.02 bits per heavy atom. The molecule has 0 bridgehead atoms. The molecule has 16 heteroatoms. The summed E-state index contributed by atoms with van der Waals surface area (Å²) in [5.41, 5.74) is 1.02. The monoisotopic (exact) mass is 782 g/mol. The normalized spacial score (nSPS) is 20.2. The van der Waals surface area contributed by atoms with E-state index in [1.54, 1.807) is 19.1 Å². The molecule has 3 amide bonds. The summed E-state index contributed by atoms with van der Waals surface area (Å²) in [5.74, 6) is 0.138. The van der Waals surface area contributed by atoms with Gasteiger partial charge in [0.05, 0.1) is 42.7 Å². The maximum absolute atomic E-state index is 14.5. The molecule has 0 radical (unpaired) electrons. The molecule has 1 aromatic carbocycles. The highest BCUT2D eigenvalue weighted by Gasteiger charge is 2.43. The van der Waals surface area contributed by atoms with E-state index in [9.17, 15) is 14.4 Å². The van der Waals surface area contributed by atoms with Crippen LogP contribution in [0.2, 0.25) is 0 Å². The van der Waals surface area contributed by atoms with E-state index in [1.165, 1.54) is 0 Å². The van der Waals surface area contributed by atoms with E-state index in [0.717, 1.165) is 50.5 Å². The molecular formula is C40H67N11O5. The lowest BCUT2D eigenvalue weighted by Gasteiger charge is -2.40. The predicted molar refractivity (Wildman–Crippen MR) is 216 cm³/mol. The summed E-state index contributed by atoms with van der Waals surface area (Å²) < 4.78 is 12.1. The molecule has 2 aliphatic heterocycles. The Labute approximate surface area is 333 Å². The summed E-state index contributed by atoms with van der Waals surface area (Å²) in [6.45, 7) is 14.0. The molecule has 8 atom stereocenters. The molecule has 0 saturated carbocycles. The number of nitrogens with zero attached hydrogens (tertiary/aromatic N) is 8. The largest absolute Gasteiger partial charge is 0.379 e. The van der Waals surface area contributed by atoms with Crippen molar-refractivity contribution >= 4 is 23.7 Å². The van der Waals surface area contributed by atoms with Crippen LogP contribution in [0.1, 0.15) is 77.7 Å². The first-order valence-electron chi connectivity index (χ1n) is 20.2. The third kappa shape index (κ3) is 11.2. The van der Waals surface area contributed by atoms with Crippen molar-refractivity contribution in [2.45, 2.75) is 103 Å². The van der Waals surface area contributed by atoms with Crippen LogP contribution in [-0.4, -0.2) is 162 Å². The van der Waals surface area contributed by atoms with Crippen molar-refractivity contribution < 1.29 is 23.9 Å². The van der Waals surface area contributed by atoms with Gasteiger partial charge in [-0.15, -0.1) is 10.2 Å². The molecule has 3 heterocycles. The number of likely N-dealkylation sites (N-methyl/N-ethyl adjacent to an activating group) is 1. The van der Waals surface area contributed by atoms with Gasteiger partial charge in [-0.2, -0.15) is 5.21 Å². The van der Waals surface area contributed by atoms with Crippen molar-refractivity contribution in [1.82, 2.24) is 50.9 Å². The van der Waals surface area contributed by atoms with Gasteiger partial charge in [-0.3, -0.25) is 14.4 Å². The van der Waals surface area contributed by atoms with Gasteiger partial charge in [-0.25, -0.2) is 4.99 Å². The van der Waals surface area contributed by atoms with Gasteiger partial charge in [-0.05, 0) is 30.2 Å². The second-order valence-electron chi connectivity index (χ2n) is 15.9. The lowest BCUT2D eigenvalue weighted by Crippen LogP contribution is -2.55. The molecule has 1 aromatic heterocycles. The maximum atomic E-state index is 14.5. The summed E-state index contributed by atoms with van der Waals surface area (Å²) >= 11 is 0. The number of hydrogen-bond acceptors (Lipinski definition) is 10. The highest BCUT2D eigenvalue weighted by molar-refractivity contribution is 5.88. The molecule has 56 heavy (non-hydrogen) atoms. The standard InChI is InChI=1S/C40H67N11O5/c1-11-27(4)35(49(8)39(54)34(26(2)3)43-40(48(6)7)50-22-19-41-20-23-50)32(55-9)25-33(52)51-21-15-18-31(51)36(56-10)28(5)38(53)42-30(37-44-46-47-45-37)24-29-16-13-12-14-17-29/h12-14,16-17,26-28,30-32,34-36,41H,11,15,18-25H2,1-10H3,(H,42,53)(H,44,45,46,47)/b43-40+/t27-,28+,30-,31-,32+,34-,35-,36+/m0/s1. The summed E-state index contributed by atoms with van der Waals surface area (Å²) in [6, 6.07) is 7.99. The molecule has 4 rings (SSSR count). The van der Waals surface area contributed by atoms with Crippen LogP contribution < -0.4 is 10.6 Å². The Morgan fingerprint density at radius 3 is 2.29 bits per heavy atom. The summed E-state index contributed by atoms with van der Waals surface area (Å²) in [5, 5.41) is 21.0. The van der Waals surface area contributed by atoms with Gasteiger partial charge in [0.25, 0.3) is 0 Å². The molecule has 3 N–H and O–H groups in total. The number of carbonyl (C=O) groups is 3. The fourth-order valence-electron chi connectivity index (χ4n) is 8.15. The Kier molecular flexibility index (Phi) is 17.0. The number of nitrogens with one attached hydrogen (secondary N) is 3. The van der Waals surface area contributed by atoms with Crippen LogP contribution in [-0.2, 0) is 30.3 Å². The number of methoxy groups -OCH3 is 2. The molecular weight excluding hydrogens is 715 g/mol. The molecule has 2 aliphatic rings. The average molecular weight is 782 g/mol. The third-order valence-corrected chi connectivity index (χ3v) is 11.5. The molecule has 2 fully saturated rings. The van der Waals surface area contributed by atoms with E-state index in [2.05, 4.69) is 50.0 Å². The Bertz CT molecular complexity index is 1540. The topological polar surface area (TPSA) is 174 Å². The van der Waals surface area contributed by atoms with Crippen molar-refractivity contribution in [3.63, 3.8) is 0 Å². The number of tetrazole rings is 1. The number of rotatable bonds is 18. The second kappa shape index (κ2) is 21.4. The van der Waals surface area contributed by atoms with E-state index in [4.69, 9.17) is 14.5 Å². The van der Waals surface area contributed by atoms with Crippen molar-refractivity contribution in [3.05, 3.63) is 41.7 Å². The number of carbonyl (C=O) groups excluding carboxylic acids is 3. The van der Waals surface area contributed by atoms with Crippen LogP contribution in [0.15, 0.2) is 35.3 Å². The number of guanidine groups is 1. The number of H-pyrrole nitrogens is 1. The number of ether oxygens (including phenoxy) is 2. The number of aliphatic imine (C=N–C) groups is 1. The number of benzene rings is 1. The number of likely N-dealkylation sites (tertiary alicyclic amines) is 1. The minimum Gasteiger partial charge on any atom is -0.379 e. The van der Waals surface area contributed by atoms with Crippen LogP contribution in [0.25, 0.3) is 0 Å². The molecule has 0 aliphatic carbocycles. The number of hydrogen-bond donors (Lipinski definition) is 3. The summed E-state index contributed by atoms with van der Waals surface area (Å²) in [6.07, 6.45) is 1.69. The van der Waals surface area contributed by atoms with Gasteiger partial charge in [0.2, 0.25) is 17.7 Å². The Hall–Kier alpha value is -4.15. The highest BCUT2D eigenvalue weighted by atomic mass is 16.5. The SMILES string of the molecule is CC[C@H](C)[C@@H]([C@@H](CC(=O)N1CCC[C@H]1[C@H](OC)[C@@H](C)C(=O)N[C@@H](Cc1ccccc1)c1nn[nH]n1)OC)N(C)C(=O)[C@@H](/N=C(\N(C)C)N1CCNCC1)C(C)C. The lowest BCUT2D eigenvalue weighted by molar-refractivity contribution is -0.146. The smallest absolute Gasteiger partial charge is 0.247 e. The number of amides is 3. The third-order valence-electron chi connectivity index (χ3n) is 11.5. The zero-order chi connectivity index (χ0) is 40.9. The van der Waals surface area contributed by atoms with Crippen molar-refractivity contribution in [1.29, 1.82) is 0 Å². The zero-order valence-electron chi connectivity index (χ0n) is 35.3. The van der Waals surface area contributed by atoms with E-state index < -0.39 is 30.2 Å². The van der Waals surface area contributed by atoms with Gasteiger partial charge in [0, 0.05) is 74.5 Å². The quantitative estimate of drug-likeness (QED) is 0.150. The number of aromatic amines is 1. The van der Waals surface area contributed by atoms with Gasteiger partial charge in [0.15, 0.2) is 11.8 Å². The highest BCUT2D eigenvalue weighted by Crippen LogP contribution is 2.30. The van der Waals surface area contributed by atoms with Crippen LogP contribution in [0.5, 0.6) is 0 Å². The lowest BCUT2D eigenvalue weighted by atomic mass is 9.89. The van der Waals surface area contributed by atoms with E-state index >= 15 is 0 Å². The molecule has 16 nitrogen and oxygen atoms in total. The predicted octanol–water partition coefficient (Wildman–Crippen LogP) is 2.37. The van der Waals surface area contributed by atoms with Gasteiger partial charge >= 0.3 is 0 Å². The first kappa shape index (κ1) is 44.6. The zero-order valence-corrected chi connectivity index (χ0v) is 35.3. The van der Waals surface area contributed by atoms with Crippen molar-refractivity contribution in [2.24, 2.45) is 22.7 Å². The first-order valence-corrected chi connectivity index (χ1v) is 20.2. The Balaban J connectivity index is 1.51. The van der Waals surface area contributed by atoms with E-state index in [1.807, 2.05) is 82.0 Å². The van der Waals surface area contributed by atoms with Crippen LogP contribution >= 0.6 is 0 Å². The van der Waals surface area contributed by atoms with Crippen LogP contribution in [0.4, 0.5) is 0 Å². The van der Waals surface area contributed by atoms with Gasteiger partial charge < -0.3 is 39.7 Å². The molecule has 2 saturated heterocycles. The van der Waals surface area contributed by atoms with Crippen LogP contribution in [0, 0.1) is 17.8 Å². The molecule has 2 aromatic rings. The van der Waals surface area contributed by atoms with E-state index in [-0.39, 0.29) is 48.1 Å². The van der Waals surface area contributed by atoms with Crippen molar-refractivity contribution in [3.8, 4) is 0 Å². The van der Waals surface area contributed by atoms with E-state index in [0.29, 0.717) is 25.2 Å². The second-order valence-corrected chi connectivity index (χ2v) is 15.9. The average Bonchev–Trinajstić information content (AvgIpc) is 3.92. The minimum atomic E-state index is -0.613. The summed E-state index contributed by atoms with van der Waals surface area (Å²) in [4.78, 5) is 55.6. The van der Waals surface area contributed by atoms with Gasteiger partial charge in [-0.1, -0.05) is 76.6 Å². The molecule has 312 valence electrons. The number of piperazine rings is 1. The fraction of sp³-hybridized carbons (Fsp3) is 0.725. The van der Waals surface area contributed by atoms with Crippen LogP contribution in [0.3, 0.4) is 0 Å². The maximum Gasteiger partial charge on any atom is 0.247 e. The molecule has 0 unspecified atom stereocenters. The first-order chi connectivity index (χ1) is 26.8. The Morgan fingerprint density at radius 2 is 1.71 bits per heavy atom. The summed E-state index contributed by atoms with van der Waals surface area (Å²) in [7, 11) is 8.95. The minimum absolute atomic E-state index is 0.0350. The number of aromatic nitrogens is 4.